The van der Waals surface area contributed by atoms with Gasteiger partial charge in [-0.2, -0.15) is 0 Å². The van der Waals surface area contributed by atoms with Gasteiger partial charge in [0.15, 0.2) is 0 Å². The minimum atomic E-state index is 0.690. The fraction of sp³-hybridized carbons (Fsp3) is 0.583. The molecule has 0 aromatic heterocycles. The lowest BCUT2D eigenvalue weighted by atomic mass is 9.83. The molecule has 0 aliphatic carbocycles. The van der Waals surface area contributed by atoms with E-state index in [0.29, 0.717) is 6.04 Å². The summed E-state index contributed by atoms with van der Waals surface area (Å²) < 4.78 is 0. The Bertz CT molecular complexity index is 544. The molecule has 1 saturated heterocycles. The van der Waals surface area contributed by atoms with Gasteiger partial charge in [-0.1, -0.05) is 73.7 Å². The zero-order chi connectivity index (χ0) is 17.3. The Hall–Kier alpha value is -1.34. The first-order valence-corrected chi connectivity index (χ1v) is 10.5. The SMILES string of the molecule is C=CCCCCCCCC1=CC2CCCC(C1)N2Cc1ccccc1. The van der Waals surface area contributed by atoms with Gasteiger partial charge in [-0.05, 0) is 50.5 Å². The summed E-state index contributed by atoms with van der Waals surface area (Å²) in [4.78, 5) is 2.78. The molecule has 2 unspecified atom stereocenters. The van der Waals surface area contributed by atoms with Crippen LogP contribution in [0, 0.1) is 0 Å². The van der Waals surface area contributed by atoms with Crippen molar-refractivity contribution in [3.8, 4) is 0 Å². The predicted octanol–water partition coefficient (Wildman–Crippen LogP) is 6.66. The third kappa shape index (κ3) is 5.57. The predicted molar refractivity (Wildman–Crippen MR) is 109 cm³/mol. The van der Waals surface area contributed by atoms with Crippen LogP contribution in [0.4, 0.5) is 0 Å². The standard InChI is InChI=1S/C24H35N/c1-2-3-4-5-6-7-9-15-22-18-23-16-12-17-24(19-22)25(23)20-21-13-10-8-11-14-21/h2,8,10-11,13-14,18,23-24H,1,3-7,9,12,15-17,19-20H2. The molecule has 2 aliphatic rings. The minimum absolute atomic E-state index is 0.690. The van der Waals surface area contributed by atoms with E-state index in [4.69, 9.17) is 0 Å². The maximum absolute atomic E-state index is 3.80. The van der Waals surface area contributed by atoms with E-state index in [1.54, 1.807) is 5.57 Å². The van der Waals surface area contributed by atoms with Crippen molar-refractivity contribution in [2.24, 2.45) is 0 Å². The van der Waals surface area contributed by atoms with Crippen LogP contribution >= 0.6 is 0 Å². The first-order chi connectivity index (χ1) is 12.4. The van der Waals surface area contributed by atoms with Crippen LogP contribution in [0.3, 0.4) is 0 Å². The normalized spacial score (nSPS) is 23.3. The Morgan fingerprint density at radius 2 is 1.80 bits per heavy atom. The van der Waals surface area contributed by atoms with Gasteiger partial charge in [-0.25, -0.2) is 0 Å². The van der Waals surface area contributed by atoms with Gasteiger partial charge in [-0.3, -0.25) is 4.90 Å². The molecule has 2 atom stereocenters. The molecule has 0 amide bonds. The summed E-state index contributed by atoms with van der Waals surface area (Å²) in [5, 5.41) is 0. The van der Waals surface area contributed by atoms with Crippen LogP contribution in [0.25, 0.3) is 0 Å². The van der Waals surface area contributed by atoms with E-state index in [9.17, 15) is 0 Å². The van der Waals surface area contributed by atoms with Crippen LogP contribution in [0.15, 0.2) is 54.6 Å². The molecule has 1 fully saturated rings. The molecule has 0 radical (unpaired) electrons. The lowest BCUT2D eigenvalue weighted by Crippen LogP contribution is -2.47. The number of allylic oxidation sites excluding steroid dienone is 1. The molecule has 0 spiro atoms. The van der Waals surface area contributed by atoms with E-state index in [1.165, 1.54) is 76.2 Å². The Kier molecular flexibility index (Phi) is 7.36. The molecule has 1 nitrogen and oxygen atoms in total. The van der Waals surface area contributed by atoms with Crippen molar-refractivity contribution in [1.82, 2.24) is 4.90 Å². The van der Waals surface area contributed by atoms with E-state index in [-0.39, 0.29) is 0 Å². The quantitative estimate of drug-likeness (QED) is 0.341. The van der Waals surface area contributed by atoms with Crippen LogP contribution in [0.2, 0.25) is 0 Å². The highest BCUT2D eigenvalue weighted by Crippen LogP contribution is 2.35. The van der Waals surface area contributed by atoms with Gasteiger partial charge in [0, 0.05) is 18.6 Å². The number of unbranched alkanes of at least 4 members (excludes halogenated alkanes) is 5. The van der Waals surface area contributed by atoms with Crippen LogP contribution in [-0.2, 0) is 6.54 Å². The molecule has 1 heteroatoms. The summed E-state index contributed by atoms with van der Waals surface area (Å²) in [5.74, 6) is 0. The molecular weight excluding hydrogens is 302 g/mol. The van der Waals surface area contributed by atoms with Crippen LogP contribution in [-0.4, -0.2) is 17.0 Å². The first-order valence-electron chi connectivity index (χ1n) is 10.5. The third-order valence-corrected chi connectivity index (χ3v) is 5.97. The topological polar surface area (TPSA) is 3.24 Å². The number of piperidine rings is 1. The van der Waals surface area contributed by atoms with Crippen LogP contribution in [0.5, 0.6) is 0 Å². The molecule has 0 N–H and O–H groups in total. The summed E-state index contributed by atoms with van der Waals surface area (Å²) in [6.45, 7) is 4.93. The van der Waals surface area contributed by atoms with Crippen molar-refractivity contribution < 1.29 is 0 Å². The fourth-order valence-corrected chi connectivity index (χ4v) is 4.60. The number of benzene rings is 1. The van der Waals surface area contributed by atoms with Gasteiger partial charge in [0.1, 0.15) is 0 Å². The Labute approximate surface area is 154 Å². The molecule has 136 valence electrons. The van der Waals surface area contributed by atoms with Crippen molar-refractivity contribution in [3.05, 3.63) is 60.2 Å². The molecule has 2 aliphatic heterocycles. The van der Waals surface area contributed by atoms with Gasteiger partial charge in [0.05, 0.1) is 0 Å². The van der Waals surface area contributed by atoms with E-state index in [1.807, 2.05) is 6.08 Å². The van der Waals surface area contributed by atoms with E-state index in [2.05, 4.69) is 47.9 Å². The summed E-state index contributed by atoms with van der Waals surface area (Å²) in [5.41, 5.74) is 3.22. The van der Waals surface area contributed by atoms with Crippen LogP contribution < -0.4 is 0 Å². The molecular formula is C24H35N. The molecule has 3 rings (SSSR count). The van der Waals surface area contributed by atoms with E-state index >= 15 is 0 Å². The van der Waals surface area contributed by atoms with Crippen molar-refractivity contribution in [1.29, 1.82) is 0 Å². The lowest BCUT2D eigenvalue weighted by Gasteiger charge is -2.45. The largest absolute Gasteiger partial charge is 0.289 e. The summed E-state index contributed by atoms with van der Waals surface area (Å²) >= 11 is 0. The Morgan fingerprint density at radius 1 is 1.00 bits per heavy atom. The molecule has 0 saturated carbocycles. The minimum Gasteiger partial charge on any atom is -0.289 e. The lowest BCUT2D eigenvalue weighted by molar-refractivity contribution is 0.0876. The van der Waals surface area contributed by atoms with Gasteiger partial charge in [0.25, 0.3) is 0 Å². The van der Waals surface area contributed by atoms with Gasteiger partial charge >= 0.3 is 0 Å². The number of nitrogens with zero attached hydrogens (tertiary/aromatic N) is 1. The third-order valence-electron chi connectivity index (χ3n) is 5.97. The zero-order valence-electron chi connectivity index (χ0n) is 15.8. The number of hydrogen-bond donors (Lipinski definition) is 0. The van der Waals surface area contributed by atoms with E-state index < -0.39 is 0 Å². The fourth-order valence-electron chi connectivity index (χ4n) is 4.60. The first kappa shape index (κ1) is 18.5. The molecule has 2 heterocycles. The highest BCUT2D eigenvalue weighted by atomic mass is 15.2. The second-order valence-electron chi connectivity index (χ2n) is 7.93. The van der Waals surface area contributed by atoms with Crippen molar-refractivity contribution >= 4 is 0 Å². The van der Waals surface area contributed by atoms with Crippen molar-refractivity contribution in [2.75, 3.05) is 0 Å². The van der Waals surface area contributed by atoms with E-state index in [0.717, 1.165) is 12.6 Å². The summed E-state index contributed by atoms with van der Waals surface area (Å²) in [7, 11) is 0. The maximum atomic E-state index is 3.80. The van der Waals surface area contributed by atoms with Gasteiger partial charge in [-0.15, -0.1) is 6.58 Å². The molecule has 1 aromatic rings. The zero-order valence-corrected chi connectivity index (χ0v) is 15.8. The van der Waals surface area contributed by atoms with Crippen molar-refractivity contribution in [3.63, 3.8) is 0 Å². The maximum Gasteiger partial charge on any atom is 0.0287 e. The Morgan fingerprint density at radius 3 is 2.60 bits per heavy atom. The highest BCUT2D eigenvalue weighted by Gasteiger charge is 2.33. The average molecular weight is 338 g/mol. The second-order valence-corrected chi connectivity index (χ2v) is 7.93. The summed E-state index contributed by atoms with van der Waals surface area (Å²) in [6, 6.07) is 12.5. The monoisotopic (exact) mass is 337 g/mol. The number of hydrogen-bond acceptors (Lipinski definition) is 1. The van der Waals surface area contributed by atoms with Crippen LogP contribution in [0.1, 0.15) is 76.2 Å². The second kappa shape index (κ2) is 9.97. The van der Waals surface area contributed by atoms with Gasteiger partial charge in [0.2, 0.25) is 0 Å². The van der Waals surface area contributed by atoms with Crippen molar-refractivity contribution in [2.45, 2.75) is 89.3 Å². The summed E-state index contributed by atoms with van der Waals surface area (Å²) in [6.07, 6.45) is 19.6. The smallest absolute Gasteiger partial charge is 0.0287 e. The average Bonchev–Trinajstić information content (AvgIpc) is 2.62. The Balaban J connectivity index is 1.47. The van der Waals surface area contributed by atoms with Gasteiger partial charge < -0.3 is 0 Å². The molecule has 1 aromatic carbocycles. The molecule has 2 bridgehead atoms. The highest BCUT2D eigenvalue weighted by molar-refractivity contribution is 5.20. The number of fused-ring (bicyclic) bond motifs is 2. The number of rotatable bonds is 10. The molecule has 25 heavy (non-hydrogen) atoms.